The summed E-state index contributed by atoms with van der Waals surface area (Å²) in [5, 5.41) is 16.8. The molecule has 0 radical (unpaired) electrons. The van der Waals surface area contributed by atoms with Gasteiger partial charge in [-0.1, -0.05) is 76.3 Å². The van der Waals surface area contributed by atoms with Crippen LogP contribution in [-0.2, 0) is 5.54 Å². The zero-order chi connectivity index (χ0) is 31.5. The topological polar surface area (TPSA) is 110 Å². The molecule has 0 saturated heterocycles. The van der Waals surface area contributed by atoms with E-state index in [0.29, 0.717) is 11.5 Å². The van der Waals surface area contributed by atoms with Crippen molar-refractivity contribution >= 4 is 5.97 Å². The van der Waals surface area contributed by atoms with Gasteiger partial charge in [0.15, 0.2) is 17.6 Å². The molecule has 0 amide bonds. The number of aromatic nitrogens is 3. The standard InChI is InChI=1S/C19H35N3O.C13H14F3NO3/c1-4-5-6-7-8-9-10-11-14-20-19(3,15-17-12-13-17)18-21-16(2)23-22-18;1-7(13(14,15)16)20-11-5-10(12(18)19)17-6-9(11)8-3-2-4-8/h17,20H,4-15H2,1-3H3;5-8H,2-4H2,1H3,(H,18,19)/t;7-/m.0/s1. The number of hydrogen-bond acceptors (Lipinski definition) is 7. The number of alkyl halides is 3. The summed E-state index contributed by atoms with van der Waals surface area (Å²) in [6.45, 7) is 8.32. The van der Waals surface area contributed by atoms with Gasteiger partial charge < -0.3 is 19.7 Å². The normalized spacial score (nSPS) is 17.4. The molecule has 242 valence electrons. The van der Waals surface area contributed by atoms with Gasteiger partial charge in [-0.05, 0) is 57.9 Å². The van der Waals surface area contributed by atoms with Crippen LogP contribution in [0, 0.1) is 12.8 Å². The third-order valence-corrected chi connectivity index (χ3v) is 8.38. The number of pyridine rings is 1. The predicted molar refractivity (Wildman–Crippen MR) is 158 cm³/mol. The Hall–Kier alpha value is -2.69. The fourth-order valence-corrected chi connectivity index (χ4v) is 5.24. The van der Waals surface area contributed by atoms with Crippen LogP contribution in [0.4, 0.5) is 13.2 Å². The SMILES string of the molecule is CCCCCCCCCCNC(C)(CC1CC1)c1noc(C)n1.C[C@H](Oc1cc(C(=O)O)ncc1C1CCC1)C(F)(F)F. The Labute approximate surface area is 253 Å². The lowest BCUT2D eigenvalue weighted by Gasteiger charge is -2.28. The highest BCUT2D eigenvalue weighted by molar-refractivity contribution is 5.85. The highest BCUT2D eigenvalue weighted by atomic mass is 19.4. The molecule has 0 aliphatic heterocycles. The maximum absolute atomic E-state index is 12.6. The van der Waals surface area contributed by atoms with Crippen LogP contribution in [0.5, 0.6) is 5.75 Å². The van der Waals surface area contributed by atoms with E-state index in [4.69, 9.17) is 14.4 Å². The highest BCUT2D eigenvalue weighted by Crippen LogP contribution is 2.42. The lowest BCUT2D eigenvalue weighted by Crippen LogP contribution is -2.41. The van der Waals surface area contributed by atoms with Crippen LogP contribution in [0.2, 0.25) is 0 Å². The molecule has 2 saturated carbocycles. The average Bonchev–Trinajstić information content (AvgIpc) is 3.62. The number of carboxylic acids is 1. The van der Waals surface area contributed by atoms with Gasteiger partial charge in [0.1, 0.15) is 5.75 Å². The van der Waals surface area contributed by atoms with E-state index in [1.54, 1.807) is 0 Å². The Kier molecular flexibility index (Phi) is 13.3. The van der Waals surface area contributed by atoms with Gasteiger partial charge in [-0.25, -0.2) is 9.78 Å². The maximum Gasteiger partial charge on any atom is 0.425 e. The molecule has 2 atom stereocenters. The molecule has 2 aromatic rings. The number of rotatable bonds is 17. The zero-order valence-electron chi connectivity index (χ0n) is 26.1. The van der Waals surface area contributed by atoms with Crippen molar-refractivity contribution < 1.29 is 32.3 Å². The lowest BCUT2D eigenvalue weighted by atomic mass is 9.80. The molecule has 4 rings (SSSR count). The van der Waals surface area contributed by atoms with E-state index in [9.17, 15) is 18.0 Å². The Morgan fingerprint density at radius 3 is 2.28 bits per heavy atom. The van der Waals surface area contributed by atoms with Crippen molar-refractivity contribution in [2.45, 2.75) is 141 Å². The first-order valence-electron chi connectivity index (χ1n) is 16.0. The first-order valence-corrected chi connectivity index (χ1v) is 16.0. The highest BCUT2D eigenvalue weighted by Gasteiger charge is 2.39. The maximum atomic E-state index is 12.6. The van der Waals surface area contributed by atoms with E-state index in [1.807, 2.05) is 6.92 Å². The van der Waals surface area contributed by atoms with Crippen LogP contribution in [-0.4, -0.2) is 45.0 Å². The summed E-state index contributed by atoms with van der Waals surface area (Å²) in [5.41, 5.74) is 0.106. The third-order valence-electron chi connectivity index (χ3n) is 8.38. The summed E-state index contributed by atoms with van der Waals surface area (Å²) in [5.74, 6) is 1.10. The van der Waals surface area contributed by atoms with Crippen molar-refractivity contribution in [1.29, 1.82) is 0 Å². The molecular weight excluding hydrogens is 561 g/mol. The number of ether oxygens (including phenoxy) is 1. The monoisotopic (exact) mass is 610 g/mol. The number of hydrogen-bond donors (Lipinski definition) is 2. The van der Waals surface area contributed by atoms with E-state index in [1.165, 1.54) is 70.4 Å². The van der Waals surface area contributed by atoms with Gasteiger partial charge in [-0.2, -0.15) is 18.2 Å². The molecular formula is C32H49F3N4O4. The third kappa shape index (κ3) is 11.4. The van der Waals surface area contributed by atoms with Crippen molar-refractivity contribution in [3.05, 3.63) is 35.2 Å². The van der Waals surface area contributed by atoms with E-state index in [-0.39, 0.29) is 22.9 Å². The van der Waals surface area contributed by atoms with E-state index < -0.39 is 18.2 Å². The van der Waals surface area contributed by atoms with Crippen molar-refractivity contribution in [3.63, 3.8) is 0 Å². The quantitative estimate of drug-likeness (QED) is 0.172. The first-order chi connectivity index (χ1) is 20.4. The summed E-state index contributed by atoms with van der Waals surface area (Å²) in [6, 6.07) is 1.07. The second kappa shape index (κ2) is 16.4. The van der Waals surface area contributed by atoms with Gasteiger partial charge in [0.05, 0.1) is 5.54 Å². The lowest BCUT2D eigenvalue weighted by molar-refractivity contribution is -0.189. The zero-order valence-corrected chi connectivity index (χ0v) is 26.1. The van der Waals surface area contributed by atoms with Crippen LogP contribution in [0.3, 0.4) is 0 Å². The Morgan fingerprint density at radius 1 is 1.12 bits per heavy atom. The minimum Gasteiger partial charge on any atom is -0.481 e. The molecule has 43 heavy (non-hydrogen) atoms. The summed E-state index contributed by atoms with van der Waals surface area (Å²) in [7, 11) is 0. The molecule has 0 spiro atoms. The molecule has 11 heteroatoms. The number of nitrogens with one attached hydrogen (secondary N) is 1. The largest absolute Gasteiger partial charge is 0.481 e. The molecule has 2 N–H and O–H groups in total. The van der Waals surface area contributed by atoms with Crippen LogP contribution in [0.25, 0.3) is 0 Å². The molecule has 1 unspecified atom stereocenters. The van der Waals surface area contributed by atoms with Crippen LogP contribution in [0.1, 0.15) is 144 Å². The van der Waals surface area contributed by atoms with Gasteiger partial charge in [0.25, 0.3) is 0 Å². The molecule has 2 fully saturated rings. The Balaban J connectivity index is 0.000000238. The molecule has 0 bridgehead atoms. The smallest absolute Gasteiger partial charge is 0.425 e. The second-order valence-corrected chi connectivity index (χ2v) is 12.4. The van der Waals surface area contributed by atoms with Crippen molar-refractivity contribution in [1.82, 2.24) is 20.4 Å². The molecule has 2 aromatic heterocycles. The van der Waals surface area contributed by atoms with Crippen molar-refractivity contribution in [2.24, 2.45) is 5.92 Å². The molecule has 2 aliphatic carbocycles. The number of carbonyl (C=O) groups is 1. The predicted octanol–water partition coefficient (Wildman–Crippen LogP) is 8.50. The number of aryl methyl sites for hydroxylation is 1. The van der Waals surface area contributed by atoms with Gasteiger partial charge in [-0.15, -0.1) is 0 Å². The molecule has 0 aromatic carbocycles. The fraction of sp³-hybridized carbons (Fsp3) is 0.750. The molecule has 2 aliphatic rings. The van der Waals surface area contributed by atoms with E-state index in [0.717, 1.165) is 57.0 Å². The number of halogens is 3. The summed E-state index contributed by atoms with van der Waals surface area (Å²) in [4.78, 5) is 19.1. The molecule has 2 heterocycles. The van der Waals surface area contributed by atoms with Crippen LogP contribution >= 0.6 is 0 Å². The van der Waals surface area contributed by atoms with Gasteiger partial charge >= 0.3 is 12.1 Å². The summed E-state index contributed by atoms with van der Waals surface area (Å²) in [6.07, 6.45) is 12.2. The first kappa shape index (κ1) is 34.8. The minimum absolute atomic E-state index is 0.0353. The second-order valence-electron chi connectivity index (χ2n) is 12.4. The average molecular weight is 611 g/mol. The number of nitrogens with zero attached hydrogens (tertiary/aromatic N) is 3. The van der Waals surface area contributed by atoms with E-state index in [2.05, 4.69) is 34.3 Å². The molecule has 8 nitrogen and oxygen atoms in total. The minimum atomic E-state index is -4.50. The van der Waals surface area contributed by atoms with E-state index >= 15 is 0 Å². The summed E-state index contributed by atoms with van der Waals surface area (Å²) < 4.78 is 47.8. The van der Waals surface area contributed by atoms with Gasteiger partial charge in [0, 0.05) is 24.8 Å². The fourth-order valence-electron chi connectivity index (χ4n) is 5.24. The number of carboxylic acid groups (broad SMARTS) is 1. The Morgan fingerprint density at radius 2 is 1.77 bits per heavy atom. The van der Waals surface area contributed by atoms with Gasteiger partial charge in [0.2, 0.25) is 5.89 Å². The number of unbranched alkanes of at least 4 members (excludes halogenated alkanes) is 7. The summed E-state index contributed by atoms with van der Waals surface area (Å²) >= 11 is 0. The van der Waals surface area contributed by atoms with Crippen molar-refractivity contribution in [3.8, 4) is 5.75 Å². The van der Waals surface area contributed by atoms with Crippen LogP contribution in [0.15, 0.2) is 16.8 Å². The Bertz CT molecular complexity index is 1130. The number of aromatic carboxylic acids is 1. The van der Waals surface area contributed by atoms with Crippen LogP contribution < -0.4 is 10.1 Å². The van der Waals surface area contributed by atoms with Crippen molar-refractivity contribution in [2.75, 3.05) is 6.54 Å². The van der Waals surface area contributed by atoms with Gasteiger partial charge in [-0.3, -0.25) is 0 Å².